The minimum Gasteiger partial charge on any atom is -0.490 e. The zero-order valence-electron chi connectivity index (χ0n) is 10.5. The lowest BCUT2D eigenvalue weighted by Crippen LogP contribution is -2.28. The molecule has 2 aromatic carbocycles. The van der Waals surface area contributed by atoms with E-state index < -0.39 is 17.2 Å². The molecule has 102 valence electrons. The Morgan fingerprint density at radius 2 is 1.85 bits per heavy atom. The van der Waals surface area contributed by atoms with Crippen molar-refractivity contribution in [3.63, 3.8) is 0 Å². The van der Waals surface area contributed by atoms with E-state index in [1.54, 1.807) is 11.0 Å². The molecular formula is C15H11F2NO2. The van der Waals surface area contributed by atoms with Crippen molar-refractivity contribution in [2.45, 2.75) is 0 Å². The number of rotatable bonds is 2. The molecule has 1 aliphatic rings. The second-order valence-corrected chi connectivity index (χ2v) is 4.41. The Bertz CT molecular complexity index is 650. The molecule has 0 N–H and O–H groups in total. The van der Waals surface area contributed by atoms with Gasteiger partial charge in [-0.25, -0.2) is 8.78 Å². The zero-order chi connectivity index (χ0) is 14.1. The fourth-order valence-corrected chi connectivity index (χ4v) is 2.28. The van der Waals surface area contributed by atoms with Crippen molar-refractivity contribution in [1.82, 2.24) is 0 Å². The lowest BCUT2D eigenvalue weighted by molar-refractivity contribution is 0.111. The van der Waals surface area contributed by atoms with Gasteiger partial charge in [0.2, 0.25) is 0 Å². The van der Waals surface area contributed by atoms with Gasteiger partial charge in [0.25, 0.3) is 0 Å². The van der Waals surface area contributed by atoms with Crippen molar-refractivity contribution >= 4 is 17.7 Å². The standard InChI is InChI=1S/C15H11F2NO2/c16-12-7-10(8-13(17)11(12)9-19)18-5-6-20-15-4-2-1-3-14(15)18/h1-4,7-9H,5-6H2. The number of carbonyl (C=O) groups excluding carboxylic acids is 1. The monoisotopic (exact) mass is 275 g/mol. The second-order valence-electron chi connectivity index (χ2n) is 4.41. The quantitative estimate of drug-likeness (QED) is 0.787. The highest BCUT2D eigenvalue weighted by Crippen LogP contribution is 2.36. The van der Waals surface area contributed by atoms with Gasteiger partial charge in [-0.05, 0) is 24.3 Å². The first-order chi connectivity index (χ1) is 9.70. The van der Waals surface area contributed by atoms with Crippen molar-refractivity contribution in [2.75, 3.05) is 18.1 Å². The fraction of sp³-hybridized carbons (Fsp3) is 0.133. The van der Waals surface area contributed by atoms with Gasteiger partial charge in [0.15, 0.2) is 6.29 Å². The summed E-state index contributed by atoms with van der Waals surface area (Å²) in [5.74, 6) is -1.06. The van der Waals surface area contributed by atoms with Gasteiger partial charge in [-0.3, -0.25) is 4.79 Å². The van der Waals surface area contributed by atoms with Crippen molar-refractivity contribution in [2.24, 2.45) is 0 Å². The lowest BCUT2D eigenvalue weighted by atomic mass is 10.1. The van der Waals surface area contributed by atoms with Gasteiger partial charge in [0, 0.05) is 5.69 Å². The van der Waals surface area contributed by atoms with Crippen LogP contribution in [0, 0.1) is 11.6 Å². The van der Waals surface area contributed by atoms with Gasteiger partial charge in [-0.2, -0.15) is 0 Å². The highest BCUT2D eigenvalue weighted by molar-refractivity contribution is 5.78. The number of fused-ring (bicyclic) bond motifs is 1. The van der Waals surface area contributed by atoms with Crippen LogP contribution in [0.5, 0.6) is 5.75 Å². The molecule has 0 aliphatic carbocycles. The molecule has 0 radical (unpaired) electrons. The Labute approximate surface area is 114 Å². The summed E-state index contributed by atoms with van der Waals surface area (Å²) in [7, 11) is 0. The van der Waals surface area contributed by atoms with Gasteiger partial charge in [0.05, 0.1) is 17.8 Å². The van der Waals surface area contributed by atoms with Crippen LogP contribution in [0.4, 0.5) is 20.2 Å². The molecule has 0 amide bonds. The van der Waals surface area contributed by atoms with Crippen molar-refractivity contribution in [3.8, 4) is 5.75 Å². The van der Waals surface area contributed by atoms with Crippen LogP contribution in [0.25, 0.3) is 0 Å². The average molecular weight is 275 g/mol. The third-order valence-electron chi connectivity index (χ3n) is 3.22. The summed E-state index contributed by atoms with van der Waals surface area (Å²) in [6.45, 7) is 0.909. The van der Waals surface area contributed by atoms with E-state index in [9.17, 15) is 13.6 Å². The van der Waals surface area contributed by atoms with Gasteiger partial charge < -0.3 is 9.64 Å². The average Bonchev–Trinajstić information content (AvgIpc) is 2.46. The Balaban J connectivity index is 2.09. The largest absolute Gasteiger partial charge is 0.490 e. The molecule has 2 aromatic rings. The molecule has 3 rings (SSSR count). The Morgan fingerprint density at radius 3 is 2.55 bits per heavy atom. The van der Waals surface area contributed by atoms with E-state index in [1.807, 2.05) is 18.2 Å². The predicted octanol–water partition coefficient (Wildman–Crippen LogP) is 3.31. The summed E-state index contributed by atoms with van der Waals surface area (Å²) in [4.78, 5) is 12.4. The SMILES string of the molecule is O=Cc1c(F)cc(N2CCOc3ccccc32)cc1F. The summed E-state index contributed by atoms with van der Waals surface area (Å²) in [5.41, 5.74) is 0.563. The molecule has 1 aliphatic heterocycles. The Hall–Kier alpha value is -2.43. The van der Waals surface area contributed by atoms with Crippen LogP contribution in [0.1, 0.15) is 10.4 Å². The number of para-hydroxylation sites is 2. The summed E-state index contributed by atoms with van der Waals surface area (Å²) in [5, 5.41) is 0. The summed E-state index contributed by atoms with van der Waals surface area (Å²) in [6, 6.07) is 9.60. The van der Waals surface area contributed by atoms with Gasteiger partial charge in [0.1, 0.15) is 24.0 Å². The van der Waals surface area contributed by atoms with E-state index in [4.69, 9.17) is 4.74 Å². The molecule has 0 saturated carbocycles. The van der Waals surface area contributed by atoms with Gasteiger partial charge >= 0.3 is 0 Å². The van der Waals surface area contributed by atoms with Crippen LogP contribution in [0.3, 0.4) is 0 Å². The summed E-state index contributed by atoms with van der Waals surface area (Å²) >= 11 is 0. The number of aldehydes is 1. The number of halogens is 2. The summed E-state index contributed by atoms with van der Waals surface area (Å²) < 4.78 is 32.9. The third kappa shape index (κ3) is 2.01. The highest BCUT2D eigenvalue weighted by Gasteiger charge is 2.21. The van der Waals surface area contributed by atoms with E-state index in [2.05, 4.69) is 0 Å². The maximum atomic E-state index is 13.7. The number of hydrogen-bond acceptors (Lipinski definition) is 3. The smallest absolute Gasteiger partial charge is 0.155 e. The molecule has 3 nitrogen and oxygen atoms in total. The van der Waals surface area contributed by atoms with Crippen LogP contribution < -0.4 is 9.64 Å². The molecule has 20 heavy (non-hydrogen) atoms. The first-order valence-corrected chi connectivity index (χ1v) is 6.14. The minimum atomic E-state index is -0.862. The van der Waals surface area contributed by atoms with E-state index in [0.29, 0.717) is 24.6 Å². The maximum absolute atomic E-state index is 13.7. The molecule has 0 unspecified atom stereocenters. The Morgan fingerprint density at radius 1 is 1.15 bits per heavy atom. The second kappa shape index (κ2) is 4.92. The van der Waals surface area contributed by atoms with Crippen LogP contribution >= 0.6 is 0 Å². The topological polar surface area (TPSA) is 29.5 Å². The normalized spacial score (nSPS) is 13.6. The van der Waals surface area contributed by atoms with E-state index >= 15 is 0 Å². The predicted molar refractivity (Wildman–Crippen MR) is 70.7 cm³/mol. The first kappa shape index (κ1) is 12.6. The third-order valence-corrected chi connectivity index (χ3v) is 3.22. The van der Waals surface area contributed by atoms with Crippen molar-refractivity contribution in [3.05, 3.63) is 53.6 Å². The molecule has 0 aromatic heterocycles. The molecule has 0 bridgehead atoms. The van der Waals surface area contributed by atoms with Crippen LogP contribution in [0.15, 0.2) is 36.4 Å². The van der Waals surface area contributed by atoms with E-state index in [0.717, 1.165) is 17.8 Å². The van der Waals surface area contributed by atoms with Crippen LogP contribution in [-0.4, -0.2) is 19.4 Å². The maximum Gasteiger partial charge on any atom is 0.155 e. The number of anilines is 2. The van der Waals surface area contributed by atoms with Crippen LogP contribution in [0.2, 0.25) is 0 Å². The number of nitrogens with zero attached hydrogens (tertiary/aromatic N) is 1. The number of hydrogen-bond donors (Lipinski definition) is 0. The molecular weight excluding hydrogens is 264 g/mol. The van der Waals surface area contributed by atoms with Gasteiger partial charge in [-0.15, -0.1) is 0 Å². The minimum absolute atomic E-state index is 0.182. The highest BCUT2D eigenvalue weighted by atomic mass is 19.1. The van der Waals surface area contributed by atoms with E-state index in [1.165, 1.54) is 0 Å². The fourth-order valence-electron chi connectivity index (χ4n) is 2.28. The summed E-state index contributed by atoms with van der Waals surface area (Å²) in [6.07, 6.45) is 0.182. The Kier molecular flexibility index (Phi) is 3.10. The number of ether oxygens (including phenoxy) is 1. The first-order valence-electron chi connectivity index (χ1n) is 6.14. The molecule has 0 saturated heterocycles. The molecule has 0 spiro atoms. The molecule has 1 heterocycles. The van der Waals surface area contributed by atoms with Gasteiger partial charge in [-0.1, -0.05) is 12.1 Å². The molecule has 5 heteroatoms. The molecule has 0 atom stereocenters. The number of benzene rings is 2. The van der Waals surface area contributed by atoms with E-state index in [-0.39, 0.29) is 6.29 Å². The zero-order valence-corrected chi connectivity index (χ0v) is 10.5. The lowest BCUT2D eigenvalue weighted by Gasteiger charge is -2.31. The van der Waals surface area contributed by atoms with Crippen LogP contribution in [-0.2, 0) is 0 Å². The van der Waals surface area contributed by atoms with Crippen molar-refractivity contribution in [1.29, 1.82) is 0 Å². The van der Waals surface area contributed by atoms with Crippen molar-refractivity contribution < 1.29 is 18.3 Å². The number of carbonyl (C=O) groups is 1. The molecule has 0 fully saturated rings.